The molecule has 2 aliphatic rings. The number of carbonyl (C=O) groups excluding carboxylic acids is 1. The molecule has 4 N–H and O–H groups in total. The quantitative estimate of drug-likeness (QED) is 0.419. The van der Waals surface area contributed by atoms with Crippen molar-refractivity contribution < 1.29 is 9.53 Å². The molecule has 0 unspecified atom stereocenters. The van der Waals surface area contributed by atoms with Crippen molar-refractivity contribution in [2.24, 2.45) is 5.92 Å². The van der Waals surface area contributed by atoms with E-state index in [1.165, 1.54) is 0 Å². The van der Waals surface area contributed by atoms with E-state index in [0.717, 1.165) is 35.1 Å². The number of rotatable bonds is 6. The van der Waals surface area contributed by atoms with Gasteiger partial charge in [-0.25, -0.2) is 9.97 Å². The van der Waals surface area contributed by atoms with Gasteiger partial charge >= 0.3 is 0 Å². The largest absolute Gasteiger partial charge is 0.473 e. The number of hydrogen-bond donors (Lipinski definition) is 3. The molecule has 3 heterocycles. The number of nitrogens with one attached hydrogen (secondary N) is 2. The smallest absolute Gasteiger partial charge is 0.241 e. The molecule has 0 radical (unpaired) electrons. The number of ether oxygens (including phenoxy) is 1. The monoisotopic (exact) mass is 418 g/mol. The predicted molar refractivity (Wildman–Crippen MR) is 119 cm³/mol. The fourth-order valence-corrected chi connectivity index (χ4v) is 4.18. The van der Waals surface area contributed by atoms with Crippen LogP contribution in [0.5, 0.6) is 5.88 Å². The predicted octanol–water partition coefficient (Wildman–Crippen LogP) is 3.31. The SMILES string of the molecule is CC(=N)c1ccc(-c2cc3ncn(C4CC4)c3c(O[C@H](C)[C@H]3CNC(=O)C3)n2)cc1N. The van der Waals surface area contributed by atoms with Gasteiger partial charge in [0.25, 0.3) is 0 Å². The van der Waals surface area contributed by atoms with Crippen LogP contribution < -0.4 is 15.8 Å². The van der Waals surface area contributed by atoms with Gasteiger partial charge in [-0.1, -0.05) is 12.1 Å². The fourth-order valence-electron chi connectivity index (χ4n) is 4.18. The van der Waals surface area contributed by atoms with E-state index >= 15 is 0 Å². The zero-order valence-corrected chi connectivity index (χ0v) is 17.7. The highest BCUT2D eigenvalue weighted by molar-refractivity contribution is 6.01. The van der Waals surface area contributed by atoms with Gasteiger partial charge in [0.2, 0.25) is 11.8 Å². The standard InChI is InChI=1S/C23H26N6O2/c1-12(24)17-6-3-14(7-18(17)25)19-9-20-22(29(11-27-20)16-4-5-16)23(28-19)31-13(2)15-8-21(30)26-10-15/h3,6-7,9,11,13,15-16,24H,4-5,8,10,25H2,1-2H3,(H,26,30)/t13-,15-/m1/s1. The molecule has 8 heteroatoms. The molecule has 8 nitrogen and oxygen atoms in total. The number of hydrogen-bond acceptors (Lipinski definition) is 6. The van der Waals surface area contributed by atoms with Gasteiger partial charge in [0.1, 0.15) is 11.6 Å². The summed E-state index contributed by atoms with van der Waals surface area (Å²) in [5.41, 5.74) is 11.2. The summed E-state index contributed by atoms with van der Waals surface area (Å²) >= 11 is 0. The average molecular weight is 419 g/mol. The molecule has 1 aliphatic carbocycles. The van der Waals surface area contributed by atoms with E-state index in [2.05, 4.69) is 14.9 Å². The van der Waals surface area contributed by atoms with Crippen molar-refractivity contribution in [1.82, 2.24) is 19.9 Å². The Hall–Kier alpha value is -3.42. The molecule has 2 aromatic heterocycles. The summed E-state index contributed by atoms with van der Waals surface area (Å²) in [6, 6.07) is 8.00. The van der Waals surface area contributed by atoms with Crippen LogP contribution in [0.2, 0.25) is 0 Å². The average Bonchev–Trinajstić information content (AvgIpc) is 3.33. The zero-order valence-electron chi connectivity index (χ0n) is 17.7. The number of pyridine rings is 1. The van der Waals surface area contributed by atoms with E-state index in [4.69, 9.17) is 20.9 Å². The minimum atomic E-state index is -0.166. The lowest BCUT2D eigenvalue weighted by atomic mass is 10.0. The normalized spacial score (nSPS) is 19.4. The van der Waals surface area contributed by atoms with Gasteiger partial charge in [-0.2, -0.15) is 0 Å². The van der Waals surface area contributed by atoms with Gasteiger partial charge in [0.15, 0.2) is 0 Å². The summed E-state index contributed by atoms with van der Waals surface area (Å²) in [5, 5.41) is 10.7. The topological polar surface area (TPSA) is 119 Å². The third kappa shape index (κ3) is 3.62. The van der Waals surface area contributed by atoms with E-state index in [-0.39, 0.29) is 17.9 Å². The van der Waals surface area contributed by atoms with E-state index in [0.29, 0.717) is 41.8 Å². The Labute approximate surface area is 180 Å². The molecule has 5 rings (SSSR count). The number of amides is 1. The van der Waals surface area contributed by atoms with Gasteiger partial charge in [0, 0.05) is 47.5 Å². The minimum absolute atomic E-state index is 0.0624. The molecule has 3 aromatic rings. The number of imidazole rings is 1. The van der Waals surface area contributed by atoms with Crippen molar-refractivity contribution in [3.05, 3.63) is 36.2 Å². The highest BCUT2D eigenvalue weighted by Gasteiger charge is 2.31. The molecular formula is C23H26N6O2. The van der Waals surface area contributed by atoms with E-state index in [1.54, 1.807) is 6.92 Å². The van der Waals surface area contributed by atoms with Gasteiger partial charge in [0.05, 0.1) is 17.5 Å². The van der Waals surface area contributed by atoms with Crippen molar-refractivity contribution in [3.8, 4) is 17.1 Å². The molecule has 1 aromatic carbocycles. The van der Waals surface area contributed by atoms with Crippen LogP contribution in [0.1, 0.15) is 44.7 Å². The highest BCUT2D eigenvalue weighted by Crippen LogP contribution is 2.40. The van der Waals surface area contributed by atoms with Crippen LogP contribution in [0.25, 0.3) is 22.3 Å². The molecular weight excluding hydrogens is 392 g/mol. The first-order chi connectivity index (χ1) is 14.9. The third-order valence-corrected chi connectivity index (χ3v) is 6.18. The molecule has 0 bridgehead atoms. The lowest BCUT2D eigenvalue weighted by molar-refractivity contribution is -0.119. The molecule has 1 amide bonds. The van der Waals surface area contributed by atoms with Crippen molar-refractivity contribution in [2.75, 3.05) is 12.3 Å². The Morgan fingerprint density at radius 2 is 2.16 bits per heavy atom. The second-order valence-corrected chi connectivity index (χ2v) is 8.58. The Morgan fingerprint density at radius 1 is 1.35 bits per heavy atom. The first-order valence-electron chi connectivity index (χ1n) is 10.7. The number of anilines is 1. The second kappa shape index (κ2) is 7.37. The van der Waals surface area contributed by atoms with Crippen molar-refractivity contribution in [3.63, 3.8) is 0 Å². The molecule has 2 fully saturated rings. The van der Waals surface area contributed by atoms with Crippen LogP contribution in [-0.2, 0) is 4.79 Å². The summed E-state index contributed by atoms with van der Waals surface area (Å²) in [5.74, 6) is 0.706. The summed E-state index contributed by atoms with van der Waals surface area (Å²) in [6.45, 7) is 4.32. The molecule has 0 spiro atoms. The minimum Gasteiger partial charge on any atom is -0.473 e. The maximum absolute atomic E-state index is 11.7. The maximum Gasteiger partial charge on any atom is 0.241 e. The molecule has 1 saturated heterocycles. The number of nitrogens with two attached hydrogens (primary N) is 1. The van der Waals surface area contributed by atoms with Crippen LogP contribution in [-0.4, -0.2) is 38.8 Å². The van der Waals surface area contributed by atoms with Crippen molar-refractivity contribution >= 4 is 28.3 Å². The van der Waals surface area contributed by atoms with Crippen molar-refractivity contribution in [1.29, 1.82) is 5.41 Å². The highest BCUT2D eigenvalue weighted by atomic mass is 16.5. The first kappa shape index (κ1) is 19.5. The maximum atomic E-state index is 11.7. The Morgan fingerprint density at radius 3 is 2.81 bits per heavy atom. The number of carbonyl (C=O) groups is 1. The van der Waals surface area contributed by atoms with E-state index in [9.17, 15) is 4.79 Å². The Balaban J connectivity index is 1.57. The molecule has 2 atom stereocenters. The first-order valence-corrected chi connectivity index (χ1v) is 10.7. The number of nitrogen functional groups attached to an aromatic ring is 1. The lowest BCUT2D eigenvalue weighted by Gasteiger charge is -2.20. The van der Waals surface area contributed by atoms with Gasteiger partial charge < -0.3 is 25.8 Å². The van der Waals surface area contributed by atoms with Gasteiger partial charge in [-0.05, 0) is 38.8 Å². The summed E-state index contributed by atoms with van der Waals surface area (Å²) in [7, 11) is 0. The number of nitrogens with zero attached hydrogens (tertiary/aromatic N) is 3. The summed E-state index contributed by atoms with van der Waals surface area (Å²) < 4.78 is 8.52. The van der Waals surface area contributed by atoms with Gasteiger partial charge in [-0.3, -0.25) is 4.79 Å². The summed E-state index contributed by atoms with van der Waals surface area (Å²) in [6.07, 6.45) is 4.42. The molecule has 1 aliphatic heterocycles. The van der Waals surface area contributed by atoms with Crippen LogP contribution in [0.15, 0.2) is 30.6 Å². The molecule has 1 saturated carbocycles. The zero-order chi connectivity index (χ0) is 21.7. The van der Waals surface area contributed by atoms with E-state index < -0.39 is 0 Å². The Kier molecular flexibility index (Phi) is 4.64. The molecule has 31 heavy (non-hydrogen) atoms. The number of benzene rings is 1. The summed E-state index contributed by atoms with van der Waals surface area (Å²) in [4.78, 5) is 21.1. The number of aromatic nitrogens is 3. The number of fused-ring (bicyclic) bond motifs is 1. The van der Waals surface area contributed by atoms with E-state index in [1.807, 2.05) is 37.5 Å². The van der Waals surface area contributed by atoms with Crippen LogP contribution in [0, 0.1) is 11.3 Å². The van der Waals surface area contributed by atoms with Crippen molar-refractivity contribution in [2.45, 2.75) is 45.3 Å². The Bertz CT molecular complexity index is 1200. The second-order valence-electron chi connectivity index (χ2n) is 8.58. The third-order valence-electron chi connectivity index (χ3n) is 6.18. The van der Waals surface area contributed by atoms with Crippen LogP contribution in [0.3, 0.4) is 0 Å². The molecule has 160 valence electrons. The van der Waals surface area contributed by atoms with Crippen LogP contribution in [0.4, 0.5) is 5.69 Å². The lowest BCUT2D eigenvalue weighted by Crippen LogP contribution is -2.26. The van der Waals surface area contributed by atoms with Crippen LogP contribution >= 0.6 is 0 Å². The van der Waals surface area contributed by atoms with Gasteiger partial charge in [-0.15, -0.1) is 0 Å². The fraction of sp³-hybridized carbons (Fsp3) is 0.391.